The Kier molecular flexibility index (Phi) is 4.59. The number of carbonyl (C=O) groups is 1. The number of nitrogens with zero attached hydrogens (tertiary/aromatic N) is 1. The molecule has 2 rings (SSSR count). The first-order valence-electron chi connectivity index (χ1n) is 7.23. The van der Waals surface area contributed by atoms with Crippen LogP contribution >= 0.6 is 0 Å². The standard InChI is InChI=1S/C16H24N2O/c1-4-13-5-7-14(8-6-13)15-11-17-9-10-18(15)16(19)12(2)3/h5-8,12,15,17H,4,9-11H2,1-3H3. The molecular formula is C16H24N2O. The molecule has 1 aromatic carbocycles. The molecule has 1 fully saturated rings. The summed E-state index contributed by atoms with van der Waals surface area (Å²) in [5.41, 5.74) is 2.58. The van der Waals surface area contributed by atoms with Crippen LogP contribution in [-0.2, 0) is 11.2 Å². The predicted molar refractivity (Wildman–Crippen MR) is 78.0 cm³/mol. The van der Waals surface area contributed by atoms with Gasteiger partial charge in [0, 0.05) is 25.6 Å². The van der Waals surface area contributed by atoms with E-state index >= 15 is 0 Å². The van der Waals surface area contributed by atoms with Crippen LogP contribution in [0.2, 0.25) is 0 Å². The molecule has 1 aliphatic heterocycles. The lowest BCUT2D eigenvalue weighted by atomic mass is 9.99. The van der Waals surface area contributed by atoms with Gasteiger partial charge in [-0.3, -0.25) is 4.79 Å². The Balaban J connectivity index is 2.20. The Morgan fingerprint density at radius 2 is 2.05 bits per heavy atom. The Hall–Kier alpha value is -1.35. The largest absolute Gasteiger partial charge is 0.333 e. The predicted octanol–water partition coefficient (Wildman–Crippen LogP) is 2.38. The number of rotatable bonds is 3. The molecule has 1 unspecified atom stereocenters. The number of piperazine rings is 1. The van der Waals surface area contributed by atoms with Crippen molar-refractivity contribution >= 4 is 5.91 Å². The third kappa shape index (κ3) is 3.16. The van der Waals surface area contributed by atoms with Crippen molar-refractivity contribution in [3.8, 4) is 0 Å². The lowest BCUT2D eigenvalue weighted by Crippen LogP contribution is -2.49. The molecule has 1 N–H and O–H groups in total. The maximum Gasteiger partial charge on any atom is 0.225 e. The zero-order chi connectivity index (χ0) is 13.8. The van der Waals surface area contributed by atoms with Gasteiger partial charge in [0.2, 0.25) is 5.91 Å². The Labute approximate surface area is 116 Å². The maximum absolute atomic E-state index is 12.3. The van der Waals surface area contributed by atoms with Crippen LogP contribution in [0.1, 0.15) is 37.9 Å². The van der Waals surface area contributed by atoms with Gasteiger partial charge in [0.15, 0.2) is 0 Å². The second-order valence-electron chi connectivity index (χ2n) is 5.50. The first kappa shape index (κ1) is 14.1. The van der Waals surface area contributed by atoms with Crippen molar-refractivity contribution in [3.63, 3.8) is 0 Å². The molecule has 1 amide bonds. The number of carbonyl (C=O) groups excluding carboxylic acids is 1. The van der Waals surface area contributed by atoms with Gasteiger partial charge >= 0.3 is 0 Å². The van der Waals surface area contributed by atoms with Crippen molar-refractivity contribution in [1.82, 2.24) is 10.2 Å². The van der Waals surface area contributed by atoms with Gasteiger partial charge in [-0.25, -0.2) is 0 Å². The van der Waals surface area contributed by atoms with Crippen molar-refractivity contribution in [3.05, 3.63) is 35.4 Å². The van der Waals surface area contributed by atoms with Crippen molar-refractivity contribution in [2.75, 3.05) is 19.6 Å². The third-order valence-corrected chi connectivity index (χ3v) is 3.79. The highest BCUT2D eigenvalue weighted by Crippen LogP contribution is 2.24. The van der Waals surface area contributed by atoms with Gasteiger partial charge in [0.05, 0.1) is 6.04 Å². The molecule has 0 radical (unpaired) electrons. The lowest BCUT2D eigenvalue weighted by molar-refractivity contribution is -0.137. The summed E-state index contributed by atoms with van der Waals surface area (Å²) < 4.78 is 0. The van der Waals surface area contributed by atoms with E-state index < -0.39 is 0 Å². The van der Waals surface area contributed by atoms with Gasteiger partial charge in [-0.15, -0.1) is 0 Å². The van der Waals surface area contributed by atoms with Crippen molar-refractivity contribution in [2.45, 2.75) is 33.2 Å². The van der Waals surface area contributed by atoms with Crippen LogP contribution in [0.3, 0.4) is 0 Å². The number of nitrogens with one attached hydrogen (secondary N) is 1. The summed E-state index contributed by atoms with van der Waals surface area (Å²) in [6, 6.07) is 8.84. The molecule has 0 aromatic heterocycles. The molecule has 0 aliphatic carbocycles. The fourth-order valence-electron chi connectivity index (χ4n) is 2.57. The summed E-state index contributed by atoms with van der Waals surface area (Å²) in [7, 11) is 0. The molecule has 1 saturated heterocycles. The molecule has 1 atom stereocenters. The molecule has 1 aliphatic rings. The van der Waals surface area contributed by atoms with E-state index in [0.29, 0.717) is 0 Å². The number of hydrogen-bond donors (Lipinski definition) is 1. The van der Waals surface area contributed by atoms with E-state index in [1.54, 1.807) is 0 Å². The van der Waals surface area contributed by atoms with Crippen LogP contribution in [-0.4, -0.2) is 30.4 Å². The van der Waals surface area contributed by atoms with Gasteiger partial charge in [-0.05, 0) is 17.5 Å². The minimum Gasteiger partial charge on any atom is -0.333 e. The Morgan fingerprint density at radius 1 is 1.37 bits per heavy atom. The minimum atomic E-state index is 0.0653. The number of amides is 1. The maximum atomic E-state index is 12.3. The minimum absolute atomic E-state index is 0.0653. The number of hydrogen-bond acceptors (Lipinski definition) is 2. The topological polar surface area (TPSA) is 32.3 Å². The summed E-state index contributed by atoms with van der Waals surface area (Å²) in [5, 5.41) is 3.39. The second kappa shape index (κ2) is 6.20. The molecule has 3 nitrogen and oxygen atoms in total. The van der Waals surface area contributed by atoms with Gasteiger partial charge in [0.1, 0.15) is 0 Å². The number of benzene rings is 1. The summed E-state index contributed by atoms with van der Waals surface area (Å²) >= 11 is 0. The summed E-state index contributed by atoms with van der Waals surface area (Å²) in [5.74, 6) is 0.321. The normalized spacial score (nSPS) is 19.8. The fourth-order valence-corrected chi connectivity index (χ4v) is 2.57. The molecule has 0 saturated carbocycles. The van der Waals surface area contributed by atoms with Crippen LogP contribution in [0.15, 0.2) is 24.3 Å². The molecule has 1 heterocycles. The average Bonchev–Trinajstić information content (AvgIpc) is 2.46. The highest BCUT2D eigenvalue weighted by atomic mass is 16.2. The quantitative estimate of drug-likeness (QED) is 0.905. The van der Waals surface area contributed by atoms with E-state index in [9.17, 15) is 4.79 Å². The molecular weight excluding hydrogens is 236 g/mol. The molecule has 104 valence electrons. The van der Waals surface area contributed by atoms with E-state index in [4.69, 9.17) is 0 Å². The van der Waals surface area contributed by atoms with Crippen molar-refractivity contribution < 1.29 is 4.79 Å². The van der Waals surface area contributed by atoms with Crippen molar-refractivity contribution in [2.24, 2.45) is 5.92 Å². The first-order valence-corrected chi connectivity index (χ1v) is 7.23. The van der Waals surface area contributed by atoms with Gasteiger partial charge in [-0.1, -0.05) is 45.0 Å². The molecule has 1 aromatic rings. The highest BCUT2D eigenvalue weighted by molar-refractivity contribution is 5.78. The summed E-state index contributed by atoms with van der Waals surface area (Å²) in [6.45, 7) is 8.65. The van der Waals surface area contributed by atoms with Crippen molar-refractivity contribution in [1.29, 1.82) is 0 Å². The summed E-state index contributed by atoms with van der Waals surface area (Å²) in [6.07, 6.45) is 1.05. The third-order valence-electron chi connectivity index (χ3n) is 3.79. The molecule has 3 heteroatoms. The van der Waals surface area contributed by atoms with E-state index in [2.05, 4.69) is 36.5 Å². The zero-order valence-electron chi connectivity index (χ0n) is 12.1. The van der Waals surface area contributed by atoms with Gasteiger partial charge < -0.3 is 10.2 Å². The second-order valence-corrected chi connectivity index (χ2v) is 5.50. The monoisotopic (exact) mass is 260 g/mol. The van der Waals surface area contributed by atoms with E-state index in [1.165, 1.54) is 11.1 Å². The Morgan fingerprint density at radius 3 is 2.63 bits per heavy atom. The average molecular weight is 260 g/mol. The fraction of sp³-hybridized carbons (Fsp3) is 0.562. The van der Waals surface area contributed by atoms with E-state index in [-0.39, 0.29) is 17.9 Å². The molecule has 0 bridgehead atoms. The van der Waals surface area contributed by atoms with Crippen LogP contribution in [0.5, 0.6) is 0 Å². The van der Waals surface area contributed by atoms with E-state index in [0.717, 1.165) is 26.1 Å². The van der Waals surface area contributed by atoms with Gasteiger partial charge in [-0.2, -0.15) is 0 Å². The van der Waals surface area contributed by atoms with Crippen LogP contribution in [0.25, 0.3) is 0 Å². The Bertz CT molecular complexity index is 425. The highest BCUT2D eigenvalue weighted by Gasteiger charge is 2.28. The van der Waals surface area contributed by atoms with Crippen LogP contribution in [0.4, 0.5) is 0 Å². The lowest BCUT2D eigenvalue weighted by Gasteiger charge is -2.37. The summed E-state index contributed by atoms with van der Waals surface area (Å²) in [4.78, 5) is 14.3. The SMILES string of the molecule is CCc1ccc(C2CNCCN2C(=O)C(C)C)cc1. The van der Waals surface area contributed by atoms with E-state index in [1.807, 2.05) is 18.7 Å². The van der Waals surface area contributed by atoms with Crippen LogP contribution in [0, 0.1) is 5.92 Å². The van der Waals surface area contributed by atoms with Crippen LogP contribution < -0.4 is 5.32 Å². The first-order chi connectivity index (χ1) is 9.13. The zero-order valence-corrected chi connectivity index (χ0v) is 12.1. The number of aryl methyl sites for hydroxylation is 1. The smallest absolute Gasteiger partial charge is 0.225 e. The van der Waals surface area contributed by atoms with Gasteiger partial charge in [0.25, 0.3) is 0 Å². The molecule has 0 spiro atoms. The molecule has 19 heavy (non-hydrogen) atoms.